The summed E-state index contributed by atoms with van der Waals surface area (Å²) >= 11 is 1.60. The maximum Gasteiger partial charge on any atom is 0.224 e. The second-order valence-corrected chi connectivity index (χ2v) is 4.94. The van der Waals surface area contributed by atoms with Gasteiger partial charge in [0.15, 0.2) is 0 Å². The lowest BCUT2D eigenvalue weighted by Gasteiger charge is -2.14. The standard InChI is InChI=1S/C10H17N3OS/c1-6(4-11)9(14)13-8(3)10-12-5-7(2)15-10/h5-6,8H,4,11H2,1-3H3,(H,13,14). The summed E-state index contributed by atoms with van der Waals surface area (Å²) < 4.78 is 0. The number of aromatic nitrogens is 1. The third kappa shape index (κ3) is 3.28. The number of nitrogens with two attached hydrogens (primary N) is 1. The van der Waals surface area contributed by atoms with Crippen LogP contribution in [0.15, 0.2) is 6.20 Å². The first kappa shape index (κ1) is 12.1. The van der Waals surface area contributed by atoms with Gasteiger partial charge in [-0.3, -0.25) is 4.79 Å². The molecule has 3 N–H and O–H groups in total. The van der Waals surface area contributed by atoms with Crippen molar-refractivity contribution in [2.45, 2.75) is 26.8 Å². The molecule has 0 spiro atoms. The largest absolute Gasteiger partial charge is 0.347 e. The Balaban J connectivity index is 2.56. The molecule has 0 fully saturated rings. The molecule has 1 amide bonds. The van der Waals surface area contributed by atoms with Crippen LogP contribution in [0.4, 0.5) is 0 Å². The summed E-state index contributed by atoms with van der Waals surface area (Å²) in [5, 5.41) is 3.82. The summed E-state index contributed by atoms with van der Waals surface area (Å²) in [7, 11) is 0. The van der Waals surface area contributed by atoms with Crippen LogP contribution in [0.2, 0.25) is 0 Å². The summed E-state index contributed by atoms with van der Waals surface area (Å²) in [6.45, 7) is 6.11. The van der Waals surface area contributed by atoms with Gasteiger partial charge in [-0.1, -0.05) is 6.92 Å². The van der Waals surface area contributed by atoms with Crippen molar-refractivity contribution >= 4 is 17.2 Å². The van der Waals surface area contributed by atoms with E-state index in [-0.39, 0.29) is 17.9 Å². The smallest absolute Gasteiger partial charge is 0.224 e. The maximum atomic E-state index is 11.6. The quantitative estimate of drug-likeness (QED) is 0.812. The molecule has 2 atom stereocenters. The highest BCUT2D eigenvalue weighted by Crippen LogP contribution is 2.19. The van der Waals surface area contributed by atoms with Gasteiger partial charge in [0.05, 0.1) is 6.04 Å². The molecular formula is C10H17N3OS. The number of nitrogens with one attached hydrogen (secondary N) is 1. The van der Waals surface area contributed by atoms with Gasteiger partial charge in [-0.25, -0.2) is 4.98 Å². The first-order valence-corrected chi connectivity index (χ1v) is 5.79. The Kier molecular flexibility index (Phi) is 4.23. The van der Waals surface area contributed by atoms with Crippen LogP contribution in [0.1, 0.15) is 29.8 Å². The van der Waals surface area contributed by atoms with Crippen LogP contribution in [0.5, 0.6) is 0 Å². The normalized spacial score (nSPS) is 14.7. The molecule has 0 aromatic carbocycles. The highest BCUT2D eigenvalue weighted by Gasteiger charge is 2.16. The third-order valence-corrected chi connectivity index (χ3v) is 3.26. The van der Waals surface area contributed by atoms with Gasteiger partial charge in [0, 0.05) is 23.5 Å². The SMILES string of the molecule is Cc1cnc(C(C)NC(=O)C(C)CN)s1. The first-order chi connectivity index (χ1) is 7.04. The number of nitrogens with zero attached hydrogens (tertiary/aromatic N) is 1. The Morgan fingerprint density at radius 3 is 2.80 bits per heavy atom. The Bertz CT molecular complexity index is 337. The van der Waals surface area contributed by atoms with Crippen LogP contribution >= 0.6 is 11.3 Å². The number of carbonyl (C=O) groups is 1. The van der Waals surface area contributed by atoms with Crippen LogP contribution in [0, 0.1) is 12.8 Å². The van der Waals surface area contributed by atoms with E-state index >= 15 is 0 Å². The Hall–Kier alpha value is -0.940. The molecule has 5 heteroatoms. The van der Waals surface area contributed by atoms with E-state index in [0.717, 1.165) is 9.88 Å². The lowest BCUT2D eigenvalue weighted by atomic mass is 10.1. The Labute approximate surface area is 93.9 Å². The second kappa shape index (κ2) is 5.23. The van der Waals surface area contributed by atoms with Gasteiger partial charge in [-0.15, -0.1) is 11.3 Å². The summed E-state index contributed by atoms with van der Waals surface area (Å²) in [5.41, 5.74) is 5.42. The summed E-state index contributed by atoms with van der Waals surface area (Å²) in [4.78, 5) is 16.9. The van der Waals surface area contributed by atoms with Gasteiger partial charge < -0.3 is 11.1 Å². The van der Waals surface area contributed by atoms with Crippen molar-refractivity contribution in [1.82, 2.24) is 10.3 Å². The summed E-state index contributed by atoms with van der Waals surface area (Å²) in [5.74, 6) is -0.161. The summed E-state index contributed by atoms with van der Waals surface area (Å²) in [6, 6.07) is -0.0369. The molecule has 84 valence electrons. The molecule has 1 rings (SSSR count). The van der Waals surface area contributed by atoms with Crippen molar-refractivity contribution in [3.8, 4) is 0 Å². The third-order valence-electron chi connectivity index (χ3n) is 2.17. The molecule has 15 heavy (non-hydrogen) atoms. The topological polar surface area (TPSA) is 68.0 Å². The van der Waals surface area contributed by atoms with Crippen LogP contribution in [-0.2, 0) is 4.79 Å². The lowest BCUT2D eigenvalue weighted by molar-refractivity contribution is -0.124. The van der Waals surface area contributed by atoms with Crippen molar-refractivity contribution in [3.63, 3.8) is 0 Å². The van der Waals surface area contributed by atoms with E-state index in [1.807, 2.05) is 27.0 Å². The number of rotatable bonds is 4. The van der Waals surface area contributed by atoms with Crippen LogP contribution in [-0.4, -0.2) is 17.4 Å². The van der Waals surface area contributed by atoms with Crippen molar-refractivity contribution in [1.29, 1.82) is 0 Å². The maximum absolute atomic E-state index is 11.6. The van der Waals surface area contributed by atoms with Crippen molar-refractivity contribution in [2.75, 3.05) is 6.54 Å². The molecule has 1 aromatic heterocycles. The minimum atomic E-state index is -0.145. The zero-order chi connectivity index (χ0) is 11.4. The fourth-order valence-corrected chi connectivity index (χ4v) is 1.87. The summed E-state index contributed by atoms with van der Waals surface area (Å²) in [6.07, 6.45) is 1.81. The molecule has 2 unspecified atom stereocenters. The monoisotopic (exact) mass is 227 g/mol. The number of hydrogen-bond donors (Lipinski definition) is 2. The second-order valence-electron chi connectivity index (χ2n) is 3.68. The molecule has 0 aliphatic heterocycles. The van der Waals surface area contributed by atoms with Gasteiger partial charge in [-0.05, 0) is 13.8 Å². The fraction of sp³-hybridized carbons (Fsp3) is 0.600. The molecule has 0 saturated carbocycles. The van der Waals surface area contributed by atoms with E-state index < -0.39 is 0 Å². The van der Waals surface area contributed by atoms with Gasteiger partial charge in [0.2, 0.25) is 5.91 Å². The average molecular weight is 227 g/mol. The Morgan fingerprint density at radius 2 is 2.33 bits per heavy atom. The van der Waals surface area contributed by atoms with Gasteiger partial charge in [0.1, 0.15) is 5.01 Å². The molecule has 0 aliphatic rings. The number of carbonyl (C=O) groups excluding carboxylic acids is 1. The lowest BCUT2D eigenvalue weighted by Crippen LogP contribution is -2.34. The van der Waals surface area contributed by atoms with Gasteiger partial charge in [0.25, 0.3) is 0 Å². The van der Waals surface area contributed by atoms with E-state index in [1.54, 1.807) is 11.3 Å². The highest BCUT2D eigenvalue weighted by atomic mass is 32.1. The molecule has 4 nitrogen and oxygen atoms in total. The van der Waals surface area contributed by atoms with Gasteiger partial charge in [-0.2, -0.15) is 0 Å². The number of aryl methyl sites for hydroxylation is 1. The van der Waals surface area contributed by atoms with E-state index in [2.05, 4.69) is 10.3 Å². The molecule has 0 bridgehead atoms. The van der Waals surface area contributed by atoms with Crippen LogP contribution < -0.4 is 11.1 Å². The average Bonchev–Trinajstić information content (AvgIpc) is 2.63. The first-order valence-electron chi connectivity index (χ1n) is 4.97. The molecular weight excluding hydrogens is 210 g/mol. The Morgan fingerprint density at radius 1 is 1.67 bits per heavy atom. The number of thiazole rings is 1. The van der Waals surface area contributed by atoms with Crippen LogP contribution in [0.25, 0.3) is 0 Å². The van der Waals surface area contributed by atoms with E-state index in [0.29, 0.717) is 6.54 Å². The van der Waals surface area contributed by atoms with E-state index in [4.69, 9.17) is 5.73 Å². The minimum Gasteiger partial charge on any atom is -0.347 e. The predicted octanol–water partition coefficient (Wildman–Crippen LogP) is 1.22. The number of hydrogen-bond acceptors (Lipinski definition) is 4. The fourth-order valence-electron chi connectivity index (χ4n) is 1.10. The van der Waals surface area contributed by atoms with E-state index in [9.17, 15) is 4.79 Å². The van der Waals surface area contributed by atoms with Crippen molar-refractivity contribution in [2.24, 2.45) is 11.7 Å². The number of amides is 1. The molecule has 1 aromatic rings. The van der Waals surface area contributed by atoms with Gasteiger partial charge >= 0.3 is 0 Å². The molecule has 0 saturated heterocycles. The molecule has 0 aliphatic carbocycles. The zero-order valence-corrected chi connectivity index (χ0v) is 10.1. The van der Waals surface area contributed by atoms with Crippen LogP contribution in [0.3, 0.4) is 0 Å². The van der Waals surface area contributed by atoms with Crippen molar-refractivity contribution in [3.05, 3.63) is 16.1 Å². The molecule has 0 radical (unpaired) electrons. The van der Waals surface area contributed by atoms with E-state index in [1.165, 1.54) is 0 Å². The predicted molar refractivity (Wildman–Crippen MR) is 61.6 cm³/mol. The van der Waals surface area contributed by atoms with Crippen molar-refractivity contribution < 1.29 is 4.79 Å². The zero-order valence-electron chi connectivity index (χ0n) is 9.28. The minimum absolute atomic E-state index is 0.0159. The highest BCUT2D eigenvalue weighted by molar-refractivity contribution is 7.11. The molecule has 1 heterocycles.